The molecule has 1 saturated heterocycles. The van der Waals surface area contributed by atoms with Crippen molar-refractivity contribution in [2.45, 2.75) is 32.1 Å². The standard InChI is InChI=1S/C15H23NO3/c1-4-16-15(11(2)19-14-9-18-10-14)12-5-7-13(17-3)8-6-12/h5-8,11,14-16H,4,9-10H2,1-3H3. The van der Waals surface area contributed by atoms with Crippen LogP contribution in [-0.2, 0) is 9.47 Å². The molecule has 2 atom stereocenters. The Morgan fingerprint density at radius 2 is 2.00 bits per heavy atom. The predicted molar refractivity (Wildman–Crippen MR) is 74.6 cm³/mol. The van der Waals surface area contributed by atoms with Crippen molar-refractivity contribution in [2.75, 3.05) is 26.9 Å². The van der Waals surface area contributed by atoms with Gasteiger partial charge in [0.2, 0.25) is 0 Å². The van der Waals surface area contributed by atoms with Gasteiger partial charge in [-0.3, -0.25) is 0 Å². The van der Waals surface area contributed by atoms with E-state index in [1.165, 1.54) is 5.56 Å². The number of likely N-dealkylation sites (N-methyl/N-ethyl adjacent to an activating group) is 1. The zero-order valence-electron chi connectivity index (χ0n) is 11.9. The minimum absolute atomic E-state index is 0.113. The summed E-state index contributed by atoms with van der Waals surface area (Å²) in [5.74, 6) is 0.875. The van der Waals surface area contributed by atoms with Gasteiger partial charge in [0, 0.05) is 0 Å². The molecule has 1 aliphatic rings. The van der Waals surface area contributed by atoms with E-state index in [4.69, 9.17) is 14.2 Å². The van der Waals surface area contributed by atoms with Crippen LogP contribution < -0.4 is 10.1 Å². The first-order chi connectivity index (χ1) is 9.24. The van der Waals surface area contributed by atoms with Crippen molar-refractivity contribution in [2.24, 2.45) is 0 Å². The third kappa shape index (κ3) is 3.69. The molecule has 1 aromatic carbocycles. The lowest BCUT2D eigenvalue weighted by Gasteiger charge is -2.33. The van der Waals surface area contributed by atoms with E-state index in [1.54, 1.807) is 7.11 Å². The Bertz CT molecular complexity index is 375. The van der Waals surface area contributed by atoms with Gasteiger partial charge in [-0.1, -0.05) is 19.1 Å². The molecule has 1 aromatic rings. The van der Waals surface area contributed by atoms with E-state index in [1.807, 2.05) is 12.1 Å². The molecule has 4 nitrogen and oxygen atoms in total. The highest BCUT2D eigenvalue weighted by molar-refractivity contribution is 5.29. The van der Waals surface area contributed by atoms with Gasteiger partial charge in [-0.2, -0.15) is 0 Å². The average Bonchev–Trinajstić information content (AvgIpc) is 2.40. The first kappa shape index (κ1) is 14.3. The van der Waals surface area contributed by atoms with E-state index in [0.29, 0.717) is 13.2 Å². The van der Waals surface area contributed by atoms with Crippen molar-refractivity contribution in [3.8, 4) is 5.75 Å². The van der Waals surface area contributed by atoms with E-state index in [9.17, 15) is 0 Å². The lowest BCUT2D eigenvalue weighted by Crippen LogP contribution is -2.42. The van der Waals surface area contributed by atoms with Crippen LogP contribution >= 0.6 is 0 Å². The van der Waals surface area contributed by atoms with Crippen LogP contribution in [0.25, 0.3) is 0 Å². The van der Waals surface area contributed by atoms with E-state index < -0.39 is 0 Å². The molecule has 0 spiro atoms. The topological polar surface area (TPSA) is 39.7 Å². The fraction of sp³-hybridized carbons (Fsp3) is 0.600. The van der Waals surface area contributed by atoms with Crippen molar-refractivity contribution in [1.29, 1.82) is 0 Å². The van der Waals surface area contributed by atoms with Gasteiger partial charge in [0.1, 0.15) is 11.9 Å². The van der Waals surface area contributed by atoms with Crippen molar-refractivity contribution in [3.63, 3.8) is 0 Å². The number of rotatable bonds is 7. The summed E-state index contributed by atoms with van der Waals surface area (Å²) in [7, 11) is 1.68. The van der Waals surface area contributed by atoms with Crippen LogP contribution in [0.3, 0.4) is 0 Å². The first-order valence-corrected chi connectivity index (χ1v) is 6.85. The summed E-state index contributed by atoms with van der Waals surface area (Å²) < 4.78 is 16.3. The number of methoxy groups -OCH3 is 1. The molecule has 0 aliphatic carbocycles. The molecule has 0 saturated carbocycles. The van der Waals surface area contributed by atoms with Crippen LogP contribution in [0.15, 0.2) is 24.3 Å². The van der Waals surface area contributed by atoms with Gasteiger partial charge in [-0.25, -0.2) is 0 Å². The molecule has 106 valence electrons. The van der Waals surface area contributed by atoms with Gasteiger partial charge in [0.25, 0.3) is 0 Å². The molecule has 0 radical (unpaired) electrons. The highest BCUT2D eigenvalue weighted by atomic mass is 16.6. The maximum absolute atomic E-state index is 5.99. The van der Waals surface area contributed by atoms with Crippen LogP contribution in [0, 0.1) is 0 Å². The van der Waals surface area contributed by atoms with E-state index in [2.05, 4.69) is 31.3 Å². The predicted octanol–water partition coefficient (Wildman–Crippen LogP) is 2.15. The second-order valence-electron chi connectivity index (χ2n) is 4.81. The second-order valence-corrected chi connectivity index (χ2v) is 4.81. The Morgan fingerprint density at radius 3 is 2.47 bits per heavy atom. The molecule has 4 heteroatoms. The summed E-state index contributed by atoms with van der Waals surface area (Å²) in [6.07, 6.45) is 0.358. The van der Waals surface area contributed by atoms with E-state index in [0.717, 1.165) is 12.3 Å². The summed E-state index contributed by atoms with van der Waals surface area (Å²) in [6, 6.07) is 8.33. The Kier molecular flexibility index (Phi) is 5.19. The lowest BCUT2D eigenvalue weighted by molar-refractivity contribution is -0.156. The molecule has 0 amide bonds. The molecule has 1 heterocycles. The van der Waals surface area contributed by atoms with Crippen molar-refractivity contribution < 1.29 is 14.2 Å². The van der Waals surface area contributed by atoms with Gasteiger partial charge in [0.05, 0.1) is 32.5 Å². The Labute approximate surface area is 115 Å². The monoisotopic (exact) mass is 265 g/mol. The zero-order valence-corrected chi connectivity index (χ0v) is 11.9. The van der Waals surface area contributed by atoms with Crippen molar-refractivity contribution >= 4 is 0 Å². The number of nitrogens with one attached hydrogen (secondary N) is 1. The van der Waals surface area contributed by atoms with Gasteiger partial charge in [-0.15, -0.1) is 0 Å². The van der Waals surface area contributed by atoms with Gasteiger partial charge in [0.15, 0.2) is 0 Å². The Morgan fingerprint density at radius 1 is 1.32 bits per heavy atom. The van der Waals surface area contributed by atoms with Gasteiger partial charge < -0.3 is 19.5 Å². The zero-order chi connectivity index (χ0) is 13.7. The number of benzene rings is 1. The summed E-state index contributed by atoms with van der Waals surface area (Å²) in [5.41, 5.74) is 1.22. The SMILES string of the molecule is CCNC(c1ccc(OC)cc1)C(C)OC1COC1. The third-order valence-corrected chi connectivity index (χ3v) is 3.38. The fourth-order valence-electron chi connectivity index (χ4n) is 2.26. The molecule has 1 fully saturated rings. The Balaban J connectivity index is 2.03. The lowest BCUT2D eigenvalue weighted by atomic mass is 10.0. The largest absolute Gasteiger partial charge is 0.497 e. The second kappa shape index (κ2) is 6.89. The van der Waals surface area contributed by atoms with Gasteiger partial charge >= 0.3 is 0 Å². The molecule has 19 heavy (non-hydrogen) atoms. The molecule has 0 bridgehead atoms. The quantitative estimate of drug-likeness (QED) is 0.820. The highest BCUT2D eigenvalue weighted by Crippen LogP contribution is 2.24. The molecule has 1 N–H and O–H groups in total. The average molecular weight is 265 g/mol. The van der Waals surface area contributed by atoms with E-state index in [-0.39, 0.29) is 18.2 Å². The molecule has 0 aromatic heterocycles. The summed E-state index contributed by atoms with van der Waals surface area (Å²) in [5, 5.41) is 3.48. The minimum atomic E-state index is 0.113. The maximum atomic E-state index is 5.99. The molecule has 1 aliphatic heterocycles. The molecular weight excluding hydrogens is 242 g/mol. The van der Waals surface area contributed by atoms with Gasteiger partial charge in [-0.05, 0) is 31.2 Å². The Hall–Kier alpha value is -1.10. The van der Waals surface area contributed by atoms with Crippen LogP contribution in [0.2, 0.25) is 0 Å². The maximum Gasteiger partial charge on any atom is 0.118 e. The van der Waals surface area contributed by atoms with Crippen LogP contribution in [-0.4, -0.2) is 39.1 Å². The minimum Gasteiger partial charge on any atom is -0.497 e. The van der Waals surface area contributed by atoms with Crippen molar-refractivity contribution in [3.05, 3.63) is 29.8 Å². The fourth-order valence-corrected chi connectivity index (χ4v) is 2.26. The smallest absolute Gasteiger partial charge is 0.118 e. The number of hydrogen-bond acceptors (Lipinski definition) is 4. The number of hydrogen-bond donors (Lipinski definition) is 1. The summed E-state index contributed by atoms with van der Waals surface area (Å²) in [4.78, 5) is 0. The number of ether oxygens (including phenoxy) is 3. The highest BCUT2D eigenvalue weighted by Gasteiger charge is 2.26. The van der Waals surface area contributed by atoms with E-state index >= 15 is 0 Å². The first-order valence-electron chi connectivity index (χ1n) is 6.85. The normalized spacial score (nSPS) is 18.7. The molecular formula is C15H23NO3. The molecule has 2 unspecified atom stereocenters. The van der Waals surface area contributed by atoms with Crippen LogP contribution in [0.5, 0.6) is 5.75 Å². The molecule has 2 rings (SSSR count). The van der Waals surface area contributed by atoms with Crippen LogP contribution in [0.1, 0.15) is 25.5 Å². The summed E-state index contributed by atoms with van der Waals surface area (Å²) >= 11 is 0. The third-order valence-electron chi connectivity index (χ3n) is 3.38. The van der Waals surface area contributed by atoms with Crippen LogP contribution in [0.4, 0.5) is 0 Å². The van der Waals surface area contributed by atoms with Crippen molar-refractivity contribution in [1.82, 2.24) is 5.32 Å². The summed E-state index contributed by atoms with van der Waals surface area (Å²) in [6.45, 7) is 6.55.